The van der Waals surface area contributed by atoms with Crippen LogP contribution in [-0.4, -0.2) is 5.78 Å². The van der Waals surface area contributed by atoms with Crippen LogP contribution in [0.2, 0.25) is 0 Å². The molecule has 1 aliphatic rings. The van der Waals surface area contributed by atoms with Gasteiger partial charge < -0.3 is 0 Å². The van der Waals surface area contributed by atoms with Crippen molar-refractivity contribution in [2.24, 2.45) is 5.92 Å². The van der Waals surface area contributed by atoms with Crippen molar-refractivity contribution in [3.63, 3.8) is 0 Å². The van der Waals surface area contributed by atoms with Gasteiger partial charge in [0.2, 0.25) is 0 Å². The van der Waals surface area contributed by atoms with E-state index in [9.17, 15) is 4.79 Å². The van der Waals surface area contributed by atoms with Crippen LogP contribution in [0.4, 0.5) is 0 Å². The van der Waals surface area contributed by atoms with Crippen molar-refractivity contribution in [2.45, 2.75) is 55.4 Å². The van der Waals surface area contributed by atoms with Crippen molar-refractivity contribution >= 4 is 22.1 Å². The second-order valence-corrected chi connectivity index (χ2v) is 7.24. The standard InChI is InChI=1S/C22H26O/c1-10-11(2)14(5)20-17(8)21-15(6)12(3)16(7)22(23)19(21)9-18(20)13(10)4/h9,16H,1-8H3. The van der Waals surface area contributed by atoms with E-state index in [1.54, 1.807) is 0 Å². The van der Waals surface area contributed by atoms with Crippen molar-refractivity contribution in [3.8, 4) is 0 Å². The van der Waals surface area contributed by atoms with Gasteiger partial charge in [-0.1, -0.05) is 12.5 Å². The lowest BCUT2D eigenvalue weighted by Crippen LogP contribution is -2.21. The number of allylic oxidation sites excluding steroid dienone is 2. The molecule has 0 aromatic heterocycles. The highest BCUT2D eigenvalue weighted by Gasteiger charge is 2.30. The maximum absolute atomic E-state index is 12.9. The van der Waals surface area contributed by atoms with Gasteiger partial charge in [0.15, 0.2) is 5.78 Å². The lowest BCUT2D eigenvalue weighted by molar-refractivity contribution is 0.0945. The molecule has 3 rings (SSSR count). The zero-order valence-corrected chi connectivity index (χ0v) is 15.6. The Bertz CT molecular complexity index is 910. The summed E-state index contributed by atoms with van der Waals surface area (Å²) in [6.45, 7) is 17.3. The van der Waals surface area contributed by atoms with Crippen molar-refractivity contribution in [3.05, 3.63) is 50.6 Å². The Kier molecular flexibility index (Phi) is 3.51. The Morgan fingerprint density at radius 3 is 1.96 bits per heavy atom. The first kappa shape index (κ1) is 16.0. The van der Waals surface area contributed by atoms with Crippen LogP contribution in [0.15, 0.2) is 11.6 Å². The van der Waals surface area contributed by atoms with E-state index in [-0.39, 0.29) is 11.7 Å². The molecule has 0 saturated carbocycles. The molecule has 23 heavy (non-hydrogen) atoms. The van der Waals surface area contributed by atoms with Crippen LogP contribution >= 0.6 is 0 Å². The SMILES string of the molecule is CC1=C(C)C(C)C(=O)c2cc3c(C)c(C)c(C)c(C)c3c(C)c21. The summed E-state index contributed by atoms with van der Waals surface area (Å²) in [5.74, 6) is 0.260. The molecule has 0 amide bonds. The van der Waals surface area contributed by atoms with E-state index in [4.69, 9.17) is 0 Å². The number of ketones is 1. The zero-order chi connectivity index (χ0) is 17.2. The first-order valence-corrected chi connectivity index (χ1v) is 8.44. The molecule has 0 radical (unpaired) electrons. The molecule has 1 heteroatoms. The smallest absolute Gasteiger partial charge is 0.170 e. The zero-order valence-electron chi connectivity index (χ0n) is 15.6. The number of benzene rings is 2. The van der Waals surface area contributed by atoms with Gasteiger partial charge >= 0.3 is 0 Å². The van der Waals surface area contributed by atoms with Crippen LogP contribution < -0.4 is 0 Å². The minimum Gasteiger partial charge on any atom is -0.293 e. The maximum Gasteiger partial charge on any atom is 0.170 e. The molecule has 0 heterocycles. The molecule has 1 unspecified atom stereocenters. The Balaban J connectivity index is 2.58. The Labute approximate surface area is 139 Å². The molecule has 0 spiro atoms. The summed E-state index contributed by atoms with van der Waals surface area (Å²) in [5, 5.41) is 2.58. The minimum absolute atomic E-state index is 0.00713. The molecule has 1 aliphatic carbocycles. The summed E-state index contributed by atoms with van der Waals surface area (Å²) < 4.78 is 0. The number of carbonyl (C=O) groups excluding carboxylic acids is 1. The number of fused-ring (bicyclic) bond motifs is 2. The normalized spacial score (nSPS) is 17.9. The summed E-state index contributed by atoms with van der Waals surface area (Å²) in [4.78, 5) is 12.9. The lowest BCUT2D eigenvalue weighted by atomic mass is 9.75. The fraction of sp³-hybridized carbons (Fsp3) is 0.409. The second-order valence-electron chi connectivity index (χ2n) is 7.24. The fourth-order valence-corrected chi connectivity index (χ4v) is 4.18. The molecule has 1 atom stereocenters. The third-order valence-corrected chi connectivity index (χ3v) is 6.32. The quantitative estimate of drug-likeness (QED) is 0.582. The monoisotopic (exact) mass is 306 g/mol. The van der Waals surface area contributed by atoms with Crippen LogP contribution in [0, 0.1) is 40.5 Å². The molecule has 2 aromatic carbocycles. The number of carbonyl (C=O) groups is 1. The van der Waals surface area contributed by atoms with Crippen molar-refractivity contribution in [1.82, 2.24) is 0 Å². The molecule has 0 fully saturated rings. The molecular formula is C22H26O. The predicted molar refractivity (Wildman–Crippen MR) is 99.4 cm³/mol. The minimum atomic E-state index is -0.00713. The third kappa shape index (κ3) is 1.95. The highest BCUT2D eigenvalue weighted by Crippen LogP contribution is 2.42. The van der Waals surface area contributed by atoms with Crippen molar-refractivity contribution in [2.75, 3.05) is 0 Å². The van der Waals surface area contributed by atoms with Gasteiger partial charge in [-0.25, -0.2) is 0 Å². The lowest BCUT2D eigenvalue weighted by Gasteiger charge is -2.28. The molecule has 0 aliphatic heterocycles. The highest BCUT2D eigenvalue weighted by molar-refractivity contribution is 6.12. The Morgan fingerprint density at radius 1 is 0.783 bits per heavy atom. The molecule has 2 aromatic rings. The van der Waals surface area contributed by atoms with Crippen LogP contribution in [0.3, 0.4) is 0 Å². The summed E-state index contributed by atoms with van der Waals surface area (Å²) in [6, 6.07) is 2.15. The molecule has 120 valence electrons. The summed E-state index contributed by atoms with van der Waals surface area (Å²) in [6.07, 6.45) is 0. The van der Waals surface area contributed by atoms with Crippen molar-refractivity contribution < 1.29 is 4.79 Å². The number of Topliss-reactive ketones (excluding diaryl/α,β-unsaturated/α-hetero) is 1. The molecule has 0 bridgehead atoms. The maximum atomic E-state index is 12.9. The number of hydrogen-bond donors (Lipinski definition) is 0. The summed E-state index contributed by atoms with van der Waals surface area (Å²) in [5.41, 5.74) is 11.2. The second kappa shape index (κ2) is 5.06. The van der Waals surface area contributed by atoms with Gasteiger partial charge in [0.1, 0.15) is 0 Å². The highest BCUT2D eigenvalue weighted by atomic mass is 16.1. The van der Waals surface area contributed by atoms with Crippen LogP contribution in [0.1, 0.15) is 64.5 Å². The van der Waals surface area contributed by atoms with E-state index in [2.05, 4.69) is 54.5 Å². The van der Waals surface area contributed by atoms with Crippen LogP contribution in [0.5, 0.6) is 0 Å². The molecule has 0 N–H and O–H groups in total. The Morgan fingerprint density at radius 2 is 1.35 bits per heavy atom. The van der Waals surface area contributed by atoms with Gasteiger partial charge in [0.25, 0.3) is 0 Å². The van der Waals surface area contributed by atoms with Gasteiger partial charge in [-0.3, -0.25) is 4.79 Å². The van der Waals surface area contributed by atoms with Crippen LogP contribution in [-0.2, 0) is 0 Å². The number of rotatable bonds is 0. The first-order valence-electron chi connectivity index (χ1n) is 8.44. The van der Waals surface area contributed by atoms with Crippen molar-refractivity contribution in [1.29, 1.82) is 0 Å². The van der Waals surface area contributed by atoms with E-state index in [1.807, 2.05) is 6.92 Å². The largest absolute Gasteiger partial charge is 0.293 e. The molecule has 1 nitrogen and oxygen atoms in total. The van der Waals surface area contributed by atoms with E-state index in [0.29, 0.717) is 0 Å². The Hall–Kier alpha value is -1.89. The number of aryl methyl sites for hydroxylation is 3. The molecular weight excluding hydrogens is 280 g/mol. The van der Waals surface area contributed by atoms with Gasteiger partial charge in [0.05, 0.1) is 0 Å². The van der Waals surface area contributed by atoms with E-state index < -0.39 is 0 Å². The van der Waals surface area contributed by atoms with Gasteiger partial charge in [-0.15, -0.1) is 0 Å². The summed E-state index contributed by atoms with van der Waals surface area (Å²) in [7, 11) is 0. The summed E-state index contributed by atoms with van der Waals surface area (Å²) >= 11 is 0. The van der Waals surface area contributed by atoms with E-state index >= 15 is 0 Å². The first-order chi connectivity index (χ1) is 10.7. The predicted octanol–water partition coefficient (Wildman–Crippen LogP) is 6.01. The topological polar surface area (TPSA) is 17.1 Å². The van der Waals surface area contributed by atoms with E-state index in [1.165, 1.54) is 55.3 Å². The van der Waals surface area contributed by atoms with E-state index in [0.717, 1.165) is 5.56 Å². The average molecular weight is 306 g/mol. The fourth-order valence-electron chi connectivity index (χ4n) is 4.18. The third-order valence-electron chi connectivity index (χ3n) is 6.32. The van der Waals surface area contributed by atoms with Gasteiger partial charge in [0, 0.05) is 11.5 Å². The van der Waals surface area contributed by atoms with Gasteiger partial charge in [-0.05, 0) is 104 Å². The van der Waals surface area contributed by atoms with Gasteiger partial charge in [-0.2, -0.15) is 0 Å². The number of hydrogen-bond acceptors (Lipinski definition) is 1. The average Bonchev–Trinajstić information content (AvgIpc) is 2.53. The van der Waals surface area contributed by atoms with Crippen LogP contribution in [0.25, 0.3) is 16.3 Å². The molecule has 0 saturated heterocycles.